The lowest BCUT2D eigenvalue weighted by Crippen LogP contribution is -2.22. The molecule has 4 rings (SSSR count). The van der Waals surface area contributed by atoms with Gasteiger partial charge in [0.05, 0.1) is 6.04 Å². The highest BCUT2D eigenvalue weighted by Gasteiger charge is 2.30. The zero-order valence-electron chi connectivity index (χ0n) is 15.1. The van der Waals surface area contributed by atoms with Crippen LogP contribution in [0.3, 0.4) is 0 Å². The molecule has 1 aliphatic carbocycles. The third kappa shape index (κ3) is 3.99. The number of aliphatic imine (C=N–C) groups is 1. The Hall–Kier alpha value is -1.72. The number of carbonyl (C=O) groups is 1. The molecule has 1 saturated heterocycles. The van der Waals surface area contributed by atoms with Crippen LogP contribution >= 0.6 is 24.2 Å². The maximum absolute atomic E-state index is 12.6. The van der Waals surface area contributed by atoms with E-state index in [1.54, 1.807) is 0 Å². The topological polar surface area (TPSA) is 44.7 Å². The fourth-order valence-electron chi connectivity index (χ4n) is 3.47. The maximum Gasteiger partial charge on any atom is 0.255 e. The number of fused-ring (bicyclic) bond motifs is 1. The Morgan fingerprint density at radius 1 is 1.38 bits per heavy atom. The Kier molecular flexibility index (Phi) is 5.49. The highest BCUT2D eigenvalue weighted by molar-refractivity contribution is 8.14. The van der Waals surface area contributed by atoms with Gasteiger partial charge in [-0.2, -0.15) is 0 Å². The minimum Gasteiger partial charge on any atom is -0.348 e. The van der Waals surface area contributed by atoms with Gasteiger partial charge in [0.15, 0.2) is 5.17 Å². The van der Waals surface area contributed by atoms with Gasteiger partial charge in [0, 0.05) is 30.1 Å². The molecular weight excluding hydrogens is 366 g/mol. The minimum absolute atomic E-state index is 0. The van der Waals surface area contributed by atoms with Crippen LogP contribution in [0.15, 0.2) is 53.1 Å². The van der Waals surface area contributed by atoms with Crippen molar-refractivity contribution in [3.63, 3.8) is 0 Å². The Morgan fingerprint density at radius 2 is 2.23 bits per heavy atom. The second kappa shape index (κ2) is 7.49. The highest BCUT2D eigenvalue weighted by atomic mass is 35.5. The SMILES string of the molecule is CC1(C)C=C(C(=O)Nc2cccc(C3CN4CCSC4=N3)c2)C=CC1.Cl. The van der Waals surface area contributed by atoms with Crippen molar-refractivity contribution in [3.05, 3.63) is 53.6 Å². The smallest absolute Gasteiger partial charge is 0.255 e. The van der Waals surface area contributed by atoms with Crippen molar-refractivity contribution >= 4 is 40.9 Å². The largest absolute Gasteiger partial charge is 0.348 e. The molecule has 138 valence electrons. The second-order valence-corrected chi connectivity index (χ2v) is 8.56. The summed E-state index contributed by atoms with van der Waals surface area (Å²) in [5.74, 6) is 1.09. The van der Waals surface area contributed by atoms with E-state index in [1.807, 2.05) is 30.0 Å². The molecule has 0 radical (unpaired) electrons. The van der Waals surface area contributed by atoms with Crippen LogP contribution in [0.4, 0.5) is 5.69 Å². The molecule has 2 aliphatic heterocycles. The zero-order chi connectivity index (χ0) is 17.4. The van der Waals surface area contributed by atoms with Crippen molar-refractivity contribution < 1.29 is 4.79 Å². The molecule has 1 atom stereocenters. The number of carbonyl (C=O) groups excluding carboxylic acids is 1. The third-order valence-corrected chi connectivity index (χ3v) is 5.81. The summed E-state index contributed by atoms with van der Waals surface area (Å²) >= 11 is 1.84. The first-order valence-corrected chi connectivity index (χ1v) is 9.75. The van der Waals surface area contributed by atoms with Crippen molar-refractivity contribution in [2.45, 2.75) is 26.3 Å². The Bertz CT molecular complexity index is 800. The molecule has 1 aromatic carbocycles. The van der Waals surface area contributed by atoms with Crippen molar-refractivity contribution in [3.8, 4) is 0 Å². The fourth-order valence-corrected chi connectivity index (χ4v) is 4.52. The molecular formula is C20H24ClN3OS. The summed E-state index contributed by atoms with van der Waals surface area (Å²) < 4.78 is 0. The van der Waals surface area contributed by atoms with Gasteiger partial charge in [0.1, 0.15) is 0 Å². The lowest BCUT2D eigenvalue weighted by atomic mass is 9.83. The summed E-state index contributed by atoms with van der Waals surface area (Å²) in [6, 6.07) is 8.26. The number of amides is 1. The van der Waals surface area contributed by atoms with Gasteiger partial charge in [-0.25, -0.2) is 0 Å². The van der Waals surface area contributed by atoms with Crippen LogP contribution in [0.1, 0.15) is 31.9 Å². The van der Waals surface area contributed by atoms with E-state index >= 15 is 0 Å². The van der Waals surface area contributed by atoms with Crippen LogP contribution in [0, 0.1) is 5.41 Å². The number of hydrogen-bond donors (Lipinski definition) is 1. The standard InChI is InChI=1S/C20H23N3OS.ClH/c1-20(2)8-4-6-15(12-20)18(24)21-16-7-3-5-14(11-16)17-13-23-9-10-25-19(23)22-17;/h3-7,11-12,17H,8-10,13H2,1-2H3,(H,21,24);1H. The molecule has 26 heavy (non-hydrogen) atoms. The maximum atomic E-state index is 12.6. The first-order chi connectivity index (χ1) is 12.0. The van der Waals surface area contributed by atoms with Crippen molar-refractivity contribution in [1.82, 2.24) is 4.90 Å². The van der Waals surface area contributed by atoms with E-state index < -0.39 is 0 Å². The van der Waals surface area contributed by atoms with E-state index in [0.717, 1.165) is 42.1 Å². The van der Waals surface area contributed by atoms with E-state index in [4.69, 9.17) is 4.99 Å². The molecule has 1 fully saturated rings. The van der Waals surface area contributed by atoms with E-state index in [-0.39, 0.29) is 29.8 Å². The predicted octanol–water partition coefficient (Wildman–Crippen LogP) is 4.42. The van der Waals surface area contributed by atoms with E-state index in [1.165, 1.54) is 5.17 Å². The van der Waals surface area contributed by atoms with Crippen molar-refractivity contribution in [1.29, 1.82) is 0 Å². The summed E-state index contributed by atoms with van der Waals surface area (Å²) in [6.07, 6.45) is 7.01. The molecule has 6 heteroatoms. The predicted molar refractivity (Wildman–Crippen MR) is 112 cm³/mol. The van der Waals surface area contributed by atoms with Gasteiger partial charge in [0.2, 0.25) is 0 Å². The number of amidine groups is 1. The normalized spacial score (nSPS) is 23.0. The van der Waals surface area contributed by atoms with Gasteiger partial charge in [-0.1, -0.05) is 56.0 Å². The van der Waals surface area contributed by atoms with Gasteiger partial charge >= 0.3 is 0 Å². The molecule has 2 heterocycles. The lowest BCUT2D eigenvalue weighted by molar-refractivity contribution is -0.112. The average molecular weight is 390 g/mol. The van der Waals surface area contributed by atoms with Crippen LogP contribution < -0.4 is 5.32 Å². The van der Waals surface area contributed by atoms with Gasteiger partial charge in [0.25, 0.3) is 5.91 Å². The number of allylic oxidation sites excluding steroid dienone is 2. The van der Waals surface area contributed by atoms with E-state index in [2.05, 4.69) is 48.3 Å². The third-order valence-electron chi connectivity index (χ3n) is 4.80. The first kappa shape index (κ1) is 19.1. The zero-order valence-corrected chi connectivity index (χ0v) is 16.7. The summed E-state index contributed by atoms with van der Waals surface area (Å²) in [6.45, 7) is 6.33. The van der Waals surface area contributed by atoms with Crippen molar-refractivity contribution in [2.24, 2.45) is 10.4 Å². The van der Waals surface area contributed by atoms with Crippen LogP contribution in [-0.4, -0.2) is 34.8 Å². The summed E-state index contributed by atoms with van der Waals surface area (Å²) in [5, 5.41) is 4.20. The van der Waals surface area contributed by atoms with Crippen molar-refractivity contribution in [2.75, 3.05) is 24.2 Å². The molecule has 3 aliphatic rings. The van der Waals surface area contributed by atoms with Gasteiger partial charge < -0.3 is 10.2 Å². The summed E-state index contributed by atoms with van der Waals surface area (Å²) in [5.41, 5.74) is 2.77. The molecule has 4 nitrogen and oxygen atoms in total. The van der Waals surface area contributed by atoms with Crippen LogP contribution in [0.5, 0.6) is 0 Å². The Morgan fingerprint density at radius 3 is 3.00 bits per heavy atom. The number of benzene rings is 1. The van der Waals surface area contributed by atoms with Crippen LogP contribution in [0.2, 0.25) is 0 Å². The summed E-state index contributed by atoms with van der Waals surface area (Å²) in [7, 11) is 0. The highest BCUT2D eigenvalue weighted by Crippen LogP contribution is 2.33. The number of thioether (sulfide) groups is 1. The molecule has 0 aromatic heterocycles. The number of nitrogens with one attached hydrogen (secondary N) is 1. The fraction of sp³-hybridized carbons (Fsp3) is 0.400. The quantitative estimate of drug-likeness (QED) is 0.832. The molecule has 0 saturated carbocycles. The Labute approximate surface area is 165 Å². The van der Waals surface area contributed by atoms with Gasteiger partial charge in [-0.3, -0.25) is 9.79 Å². The van der Waals surface area contributed by atoms with Gasteiger partial charge in [-0.15, -0.1) is 12.4 Å². The second-order valence-electron chi connectivity index (χ2n) is 7.50. The molecule has 1 aromatic rings. The number of nitrogens with zero attached hydrogens (tertiary/aromatic N) is 2. The molecule has 1 unspecified atom stereocenters. The molecule has 1 N–H and O–H groups in total. The average Bonchev–Trinajstić information content (AvgIpc) is 3.16. The van der Waals surface area contributed by atoms with Crippen LogP contribution in [-0.2, 0) is 4.79 Å². The number of halogens is 1. The molecule has 1 amide bonds. The van der Waals surface area contributed by atoms with E-state index in [9.17, 15) is 4.79 Å². The minimum atomic E-state index is -0.0462. The van der Waals surface area contributed by atoms with E-state index in [0.29, 0.717) is 0 Å². The lowest BCUT2D eigenvalue weighted by Gasteiger charge is -2.23. The molecule has 0 spiro atoms. The van der Waals surface area contributed by atoms with Gasteiger partial charge in [-0.05, 0) is 29.5 Å². The number of anilines is 1. The first-order valence-electron chi connectivity index (χ1n) is 8.76. The number of hydrogen-bond acceptors (Lipinski definition) is 4. The monoisotopic (exact) mass is 389 g/mol. The summed E-state index contributed by atoms with van der Waals surface area (Å²) in [4.78, 5) is 19.7. The molecule has 0 bridgehead atoms. The van der Waals surface area contributed by atoms with Crippen LogP contribution in [0.25, 0.3) is 0 Å². The Balaban J connectivity index is 0.00000196. The number of rotatable bonds is 3.